The Hall–Kier alpha value is -2.73. The monoisotopic (exact) mass is 386 g/mol. The van der Waals surface area contributed by atoms with E-state index in [0.29, 0.717) is 23.3 Å². The topological polar surface area (TPSA) is 88.7 Å². The maximum Gasteiger partial charge on any atom is 0.323 e. The first-order valence-electron chi connectivity index (χ1n) is 8.97. The highest BCUT2D eigenvalue weighted by Gasteiger charge is 2.15. The molecule has 1 aliphatic heterocycles. The lowest BCUT2D eigenvalue weighted by molar-refractivity contribution is 0.262. The van der Waals surface area contributed by atoms with Crippen molar-refractivity contribution in [2.75, 3.05) is 17.2 Å². The molecule has 2 amide bonds. The van der Waals surface area contributed by atoms with Gasteiger partial charge in [0.15, 0.2) is 0 Å². The minimum absolute atomic E-state index is 0.204. The zero-order valence-corrected chi connectivity index (χ0v) is 15.7. The van der Waals surface area contributed by atoms with E-state index < -0.39 is 0 Å². The van der Waals surface area contributed by atoms with E-state index in [4.69, 9.17) is 22.1 Å². The minimum Gasteiger partial charge on any atom is -0.463 e. The standard InChI is InChI=1S/C20H23ClN4O2/c21-15-7-11-17(12-8-15)25-20(26)24-16-9-5-14(6-10-16)3-1-2-4-18-13-27-19(22)23-18/h5-12,18H,1-4,13H2,(H2,22,23)(H2,24,25,26). The van der Waals surface area contributed by atoms with Crippen LogP contribution in [-0.4, -0.2) is 24.7 Å². The van der Waals surface area contributed by atoms with Gasteiger partial charge in [-0.05, 0) is 61.2 Å². The van der Waals surface area contributed by atoms with Gasteiger partial charge in [-0.3, -0.25) is 0 Å². The Morgan fingerprint density at radius 2 is 1.70 bits per heavy atom. The van der Waals surface area contributed by atoms with Gasteiger partial charge in [-0.15, -0.1) is 0 Å². The summed E-state index contributed by atoms with van der Waals surface area (Å²) in [5.41, 5.74) is 8.18. The van der Waals surface area contributed by atoms with Crippen LogP contribution in [0.3, 0.4) is 0 Å². The van der Waals surface area contributed by atoms with E-state index in [2.05, 4.69) is 15.6 Å². The highest BCUT2D eigenvalue weighted by molar-refractivity contribution is 6.30. The summed E-state index contributed by atoms with van der Waals surface area (Å²) < 4.78 is 5.15. The molecule has 0 saturated carbocycles. The summed E-state index contributed by atoms with van der Waals surface area (Å²) in [7, 11) is 0. The van der Waals surface area contributed by atoms with Gasteiger partial charge >= 0.3 is 6.03 Å². The molecule has 0 spiro atoms. The average Bonchev–Trinajstić information content (AvgIpc) is 3.07. The molecule has 4 N–H and O–H groups in total. The van der Waals surface area contributed by atoms with Crippen molar-refractivity contribution in [1.82, 2.24) is 0 Å². The molecule has 2 aromatic carbocycles. The van der Waals surface area contributed by atoms with Crippen molar-refractivity contribution < 1.29 is 9.53 Å². The van der Waals surface area contributed by atoms with Crippen LogP contribution in [0.15, 0.2) is 53.5 Å². The maximum atomic E-state index is 12.0. The fourth-order valence-corrected chi connectivity index (χ4v) is 3.00. The Morgan fingerprint density at radius 1 is 1.07 bits per heavy atom. The SMILES string of the molecule is NC1=NC(CCCCc2ccc(NC(=O)Nc3ccc(Cl)cc3)cc2)CO1. The zero-order valence-electron chi connectivity index (χ0n) is 15.0. The van der Waals surface area contributed by atoms with Gasteiger partial charge in [0.1, 0.15) is 6.61 Å². The van der Waals surface area contributed by atoms with Crippen molar-refractivity contribution in [1.29, 1.82) is 0 Å². The number of aryl methyl sites for hydroxylation is 1. The van der Waals surface area contributed by atoms with E-state index in [1.54, 1.807) is 24.3 Å². The third kappa shape index (κ3) is 6.18. The summed E-state index contributed by atoms with van der Waals surface area (Å²) in [5.74, 6) is 0. The number of carbonyl (C=O) groups is 1. The molecule has 7 heteroatoms. The Bertz CT molecular complexity index is 791. The van der Waals surface area contributed by atoms with Crippen molar-refractivity contribution >= 4 is 35.0 Å². The van der Waals surface area contributed by atoms with E-state index in [0.717, 1.165) is 31.4 Å². The van der Waals surface area contributed by atoms with Crippen molar-refractivity contribution in [3.63, 3.8) is 0 Å². The number of amidine groups is 1. The summed E-state index contributed by atoms with van der Waals surface area (Å²) in [6.07, 6.45) is 4.14. The Labute approximate surface area is 163 Å². The number of nitrogens with two attached hydrogens (primary N) is 1. The molecule has 0 aromatic heterocycles. The van der Waals surface area contributed by atoms with Crippen LogP contribution in [-0.2, 0) is 11.2 Å². The summed E-state index contributed by atoms with van der Waals surface area (Å²) in [5, 5.41) is 6.21. The highest BCUT2D eigenvalue weighted by atomic mass is 35.5. The molecule has 0 saturated heterocycles. The molecular formula is C20H23ClN4O2. The van der Waals surface area contributed by atoms with Gasteiger partial charge in [0, 0.05) is 16.4 Å². The summed E-state index contributed by atoms with van der Waals surface area (Å²) in [4.78, 5) is 16.3. The molecule has 142 valence electrons. The molecule has 27 heavy (non-hydrogen) atoms. The summed E-state index contributed by atoms with van der Waals surface area (Å²) in [6, 6.07) is 15.1. The first kappa shape index (κ1) is 19.0. The normalized spacial score (nSPS) is 15.7. The average molecular weight is 387 g/mol. The highest BCUT2D eigenvalue weighted by Crippen LogP contribution is 2.16. The quantitative estimate of drug-likeness (QED) is 0.616. The van der Waals surface area contributed by atoms with E-state index in [-0.39, 0.29) is 12.1 Å². The number of urea groups is 1. The van der Waals surface area contributed by atoms with Crippen LogP contribution >= 0.6 is 11.6 Å². The van der Waals surface area contributed by atoms with Crippen LogP contribution < -0.4 is 16.4 Å². The number of halogens is 1. The molecule has 0 aliphatic carbocycles. The molecule has 1 heterocycles. The van der Waals surface area contributed by atoms with E-state index >= 15 is 0 Å². The Kier molecular flexibility index (Phi) is 6.54. The van der Waals surface area contributed by atoms with Crippen LogP contribution in [0.4, 0.5) is 16.2 Å². The van der Waals surface area contributed by atoms with Crippen molar-refractivity contribution in [3.8, 4) is 0 Å². The molecule has 3 rings (SSSR count). The molecule has 1 atom stereocenters. The smallest absolute Gasteiger partial charge is 0.323 e. The number of amides is 2. The fraction of sp³-hybridized carbons (Fsp3) is 0.300. The van der Waals surface area contributed by atoms with Gasteiger partial charge in [0.2, 0.25) is 0 Å². The second-order valence-corrected chi connectivity index (χ2v) is 6.90. The van der Waals surface area contributed by atoms with Gasteiger partial charge in [0.25, 0.3) is 6.02 Å². The number of benzene rings is 2. The molecule has 2 aromatic rings. The number of ether oxygens (including phenoxy) is 1. The molecule has 1 aliphatic rings. The van der Waals surface area contributed by atoms with Crippen LogP contribution in [0.25, 0.3) is 0 Å². The largest absolute Gasteiger partial charge is 0.463 e. The number of unbranched alkanes of at least 4 members (excludes halogenated alkanes) is 1. The first-order chi connectivity index (χ1) is 13.1. The molecule has 0 bridgehead atoms. The lowest BCUT2D eigenvalue weighted by Gasteiger charge is -2.09. The van der Waals surface area contributed by atoms with Crippen molar-refractivity contribution in [3.05, 3.63) is 59.1 Å². The van der Waals surface area contributed by atoms with Crippen LogP contribution in [0.5, 0.6) is 0 Å². The molecule has 0 radical (unpaired) electrons. The van der Waals surface area contributed by atoms with Gasteiger partial charge in [-0.2, -0.15) is 0 Å². The molecule has 1 unspecified atom stereocenters. The molecular weight excluding hydrogens is 364 g/mol. The van der Waals surface area contributed by atoms with Crippen molar-refractivity contribution in [2.24, 2.45) is 10.7 Å². The predicted molar refractivity (Wildman–Crippen MR) is 109 cm³/mol. The number of hydrogen-bond acceptors (Lipinski definition) is 4. The number of nitrogens with one attached hydrogen (secondary N) is 2. The molecule has 6 nitrogen and oxygen atoms in total. The van der Waals surface area contributed by atoms with E-state index in [9.17, 15) is 4.79 Å². The number of anilines is 2. The van der Waals surface area contributed by atoms with Gasteiger partial charge in [-0.1, -0.05) is 30.2 Å². The zero-order chi connectivity index (χ0) is 19.1. The van der Waals surface area contributed by atoms with E-state index in [1.807, 2.05) is 24.3 Å². The Balaban J connectivity index is 1.39. The van der Waals surface area contributed by atoms with E-state index in [1.165, 1.54) is 5.56 Å². The molecule has 0 fully saturated rings. The number of hydrogen-bond donors (Lipinski definition) is 3. The maximum absolute atomic E-state index is 12.0. The minimum atomic E-state index is -0.288. The van der Waals surface area contributed by atoms with Crippen molar-refractivity contribution in [2.45, 2.75) is 31.7 Å². The summed E-state index contributed by atoms with van der Waals surface area (Å²) in [6.45, 7) is 0.601. The van der Waals surface area contributed by atoms with Gasteiger partial charge in [-0.25, -0.2) is 9.79 Å². The second-order valence-electron chi connectivity index (χ2n) is 6.46. The lowest BCUT2D eigenvalue weighted by Crippen LogP contribution is -2.19. The number of carbonyl (C=O) groups excluding carboxylic acids is 1. The third-order valence-corrected chi connectivity index (χ3v) is 4.55. The van der Waals surface area contributed by atoms with Crippen LogP contribution in [0.2, 0.25) is 5.02 Å². The predicted octanol–water partition coefficient (Wildman–Crippen LogP) is 4.41. The number of aliphatic imine (C=N–C) groups is 1. The third-order valence-electron chi connectivity index (χ3n) is 4.30. The van der Waals surface area contributed by atoms with Crippen LogP contribution in [0.1, 0.15) is 24.8 Å². The van der Waals surface area contributed by atoms with Crippen LogP contribution in [0, 0.1) is 0 Å². The number of nitrogens with zero attached hydrogens (tertiary/aromatic N) is 1. The number of rotatable bonds is 7. The first-order valence-corrected chi connectivity index (χ1v) is 9.35. The Morgan fingerprint density at radius 3 is 2.30 bits per heavy atom. The fourth-order valence-electron chi connectivity index (χ4n) is 2.87. The van der Waals surface area contributed by atoms with Gasteiger partial charge in [0.05, 0.1) is 6.04 Å². The second kappa shape index (κ2) is 9.28. The summed E-state index contributed by atoms with van der Waals surface area (Å²) >= 11 is 5.83. The van der Waals surface area contributed by atoms with Gasteiger partial charge < -0.3 is 21.1 Å². The lowest BCUT2D eigenvalue weighted by atomic mass is 10.0.